The van der Waals surface area contributed by atoms with E-state index in [2.05, 4.69) is 23.3 Å². The largest absolute Gasteiger partial charge is 0.465 e. The Hall–Kier alpha value is -1.61. The maximum atomic E-state index is 5.57. The Labute approximate surface area is 102 Å². The number of hydrogen-bond donors (Lipinski definition) is 1. The van der Waals surface area contributed by atoms with E-state index in [0.717, 1.165) is 23.8 Å². The van der Waals surface area contributed by atoms with Gasteiger partial charge in [-0.25, -0.2) is 0 Å². The second-order valence-electron chi connectivity index (χ2n) is 4.38. The van der Waals surface area contributed by atoms with Gasteiger partial charge in [0.25, 0.3) is 0 Å². The summed E-state index contributed by atoms with van der Waals surface area (Å²) >= 11 is 0. The Morgan fingerprint density at radius 1 is 1.24 bits per heavy atom. The molecule has 0 aliphatic rings. The normalized spacial score (nSPS) is 12.6. The average molecular weight is 230 g/mol. The van der Waals surface area contributed by atoms with Crippen LogP contribution < -0.4 is 5.32 Å². The van der Waals surface area contributed by atoms with Crippen LogP contribution in [-0.4, -0.2) is 4.98 Å². The summed E-state index contributed by atoms with van der Waals surface area (Å²) in [6.45, 7) is 6.84. The van der Waals surface area contributed by atoms with E-state index in [0.29, 0.717) is 0 Å². The van der Waals surface area contributed by atoms with Crippen molar-refractivity contribution in [3.63, 3.8) is 0 Å². The lowest BCUT2D eigenvalue weighted by atomic mass is 10.2. The molecule has 2 rings (SSSR count). The van der Waals surface area contributed by atoms with Crippen molar-refractivity contribution in [3.05, 3.63) is 53.2 Å². The number of rotatable bonds is 4. The molecule has 1 atom stereocenters. The average Bonchev–Trinajstić information content (AvgIpc) is 2.75. The molecule has 0 spiro atoms. The van der Waals surface area contributed by atoms with E-state index in [9.17, 15) is 0 Å². The molecule has 3 nitrogen and oxygen atoms in total. The van der Waals surface area contributed by atoms with Crippen LogP contribution in [0.4, 0.5) is 0 Å². The smallest absolute Gasteiger partial charge is 0.120 e. The van der Waals surface area contributed by atoms with E-state index in [1.54, 1.807) is 0 Å². The Kier molecular flexibility index (Phi) is 3.59. The third-order valence-electron chi connectivity index (χ3n) is 2.75. The number of aromatic nitrogens is 1. The molecule has 3 heteroatoms. The molecule has 2 aromatic heterocycles. The lowest BCUT2D eigenvalue weighted by Gasteiger charge is -2.10. The molecule has 2 heterocycles. The molecule has 2 aromatic rings. The SMILES string of the molecule is Cc1ccc(CNC(C)c2ccc(C)o2)nc1. The molecule has 0 aliphatic carbocycles. The number of nitrogens with zero attached hydrogens (tertiary/aromatic N) is 1. The van der Waals surface area contributed by atoms with Gasteiger partial charge in [0.2, 0.25) is 0 Å². The fraction of sp³-hybridized carbons (Fsp3) is 0.357. The minimum atomic E-state index is 0.201. The maximum Gasteiger partial charge on any atom is 0.120 e. The molecule has 0 aromatic carbocycles. The molecule has 0 bridgehead atoms. The topological polar surface area (TPSA) is 38.1 Å². The van der Waals surface area contributed by atoms with Crippen molar-refractivity contribution in [2.45, 2.75) is 33.4 Å². The van der Waals surface area contributed by atoms with Crippen molar-refractivity contribution in [2.24, 2.45) is 0 Å². The summed E-state index contributed by atoms with van der Waals surface area (Å²) < 4.78 is 5.57. The van der Waals surface area contributed by atoms with Gasteiger partial charge in [-0.05, 0) is 44.5 Å². The summed E-state index contributed by atoms with van der Waals surface area (Å²) in [4.78, 5) is 4.36. The van der Waals surface area contributed by atoms with Crippen molar-refractivity contribution >= 4 is 0 Å². The standard InChI is InChI=1S/C14H18N2O/c1-10-4-6-13(16-8-10)9-15-12(3)14-7-5-11(2)17-14/h4-8,12,15H,9H2,1-3H3. The highest BCUT2D eigenvalue weighted by atomic mass is 16.3. The summed E-state index contributed by atoms with van der Waals surface area (Å²) in [5, 5.41) is 3.39. The predicted octanol–water partition coefficient (Wildman–Crippen LogP) is 3.14. The van der Waals surface area contributed by atoms with Crippen LogP contribution in [0, 0.1) is 13.8 Å². The first-order valence-electron chi connectivity index (χ1n) is 5.86. The second kappa shape index (κ2) is 5.15. The van der Waals surface area contributed by atoms with Crippen LogP contribution >= 0.6 is 0 Å². The van der Waals surface area contributed by atoms with Gasteiger partial charge in [-0.1, -0.05) is 6.07 Å². The minimum absolute atomic E-state index is 0.201. The number of hydrogen-bond acceptors (Lipinski definition) is 3. The first-order chi connectivity index (χ1) is 8.15. The molecule has 0 aliphatic heterocycles. The molecule has 1 unspecified atom stereocenters. The Morgan fingerprint density at radius 3 is 2.65 bits per heavy atom. The van der Waals surface area contributed by atoms with Crippen molar-refractivity contribution < 1.29 is 4.42 Å². The zero-order valence-corrected chi connectivity index (χ0v) is 10.5. The summed E-state index contributed by atoms with van der Waals surface area (Å²) in [6.07, 6.45) is 1.89. The summed E-state index contributed by atoms with van der Waals surface area (Å²) in [7, 11) is 0. The molecule has 0 radical (unpaired) electrons. The van der Waals surface area contributed by atoms with Crippen molar-refractivity contribution in [3.8, 4) is 0 Å². The van der Waals surface area contributed by atoms with E-state index in [4.69, 9.17) is 4.42 Å². The first kappa shape index (κ1) is 11.9. The molecule has 0 saturated heterocycles. The number of nitrogens with one attached hydrogen (secondary N) is 1. The van der Waals surface area contributed by atoms with Crippen LogP contribution in [0.5, 0.6) is 0 Å². The van der Waals surface area contributed by atoms with E-state index in [-0.39, 0.29) is 6.04 Å². The van der Waals surface area contributed by atoms with Crippen LogP contribution in [0.25, 0.3) is 0 Å². The molecule has 17 heavy (non-hydrogen) atoms. The second-order valence-corrected chi connectivity index (χ2v) is 4.38. The van der Waals surface area contributed by atoms with Crippen LogP contribution in [0.2, 0.25) is 0 Å². The predicted molar refractivity (Wildman–Crippen MR) is 67.7 cm³/mol. The Bertz CT molecular complexity index is 473. The number of pyridine rings is 1. The fourth-order valence-electron chi connectivity index (χ4n) is 1.65. The molecule has 90 valence electrons. The van der Waals surface area contributed by atoms with E-state index >= 15 is 0 Å². The Morgan fingerprint density at radius 2 is 2.06 bits per heavy atom. The molecule has 0 saturated carbocycles. The van der Waals surface area contributed by atoms with Crippen LogP contribution in [-0.2, 0) is 6.54 Å². The highest BCUT2D eigenvalue weighted by molar-refractivity contribution is 5.13. The van der Waals surface area contributed by atoms with Crippen molar-refractivity contribution in [1.29, 1.82) is 0 Å². The third kappa shape index (κ3) is 3.17. The quantitative estimate of drug-likeness (QED) is 0.876. The van der Waals surface area contributed by atoms with Gasteiger partial charge in [0.15, 0.2) is 0 Å². The zero-order valence-electron chi connectivity index (χ0n) is 10.5. The number of aryl methyl sites for hydroxylation is 2. The highest BCUT2D eigenvalue weighted by Crippen LogP contribution is 2.15. The highest BCUT2D eigenvalue weighted by Gasteiger charge is 2.08. The monoisotopic (exact) mass is 230 g/mol. The lowest BCUT2D eigenvalue weighted by molar-refractivity contribution is 0.414. The number of furan rings is 1. The molecule has 0 fully saturated rings. The lowest BCUT2D eigenvalue weighted by Crippen LogP contribution is -2.18. The van der Waals surface area contributed by atoms with E-state index in [1.165, 1.54) is 5.56 Å². The molecular weight excluding hydrogens is 212 g/mol. The van der Waals surface area contributed by atoms with E-state index < -0.39 is 0 Å². The van der Waals surface area contributed by atoms with Gasteiger partial charge < -0.3 is 9.73 Å². The fourth-order valence-corrected chi connectivity index (χ4v) is 1.65. The van der Waals surface area contributed by atoms with Gasteiger partial charge in [-0.2, -0.15) is 0 Å². The van der Waals surface area contributed by atoms with E-state index in [1.807, 2.05) is 38.2 Å². The zero-order chi connectivity index (χ0) is 12.3. The maximum absolute atomic E-state index is 5.57. The van der Waals surface area contributed by atoms with Crippen LogP contribution in [0.15, 0.2) is 34.9 Å². The molecular formula is C14H18N2O. The van der Waals surface area contributed by atoms with Gasteiger partial charge in [-0.15, -0.1) is 0 Å². The minimum Gasteiger partial charge on any atom is -0.465 e. The van der Waals surface area contributed by atoms with Crippen molar-refractivity contribution in [1.82, 2.24) is 10.3 Å². The van der Waals surface area contributed by atoms with Crippen molar-refractivity contribution in [2.75, 3.05) is 0 Å². The Balaban J connectivity index is 1.92. The van der Waals surface area contributed by atoms with Crippen LogP contribution in [0.1, 0.15) is 35.7 Å². The summed E-state index contributed by atoms with van der Waals surface area (Å²) in [5.41, 5.74) is 2.23. The van der Waals surface area contributed by atoms with Crippen LogP contribution in [0.3, 0.4) is 0 Å². The van der Waals surface area contributed by atoms with Gasteiger partial charge >= 0.3 is 0 Å². The van der Waals surface area contributed by atoms with Gasteiger partial charge in [0, 0.05) is 12.7 Å². The molecule has 1 N–H and O–H groups in total. The van der Waals surface area contributed by atoms with Gasteiger partial charge in [0.05, 0.1) is 11.7 Å². The summed E-state index contributed by atoms with van der Waals surface area (Å²) in [5.74, 6) is 1.91. The van der Waals surface area contributed by atoms with Gasteiger partial charge in [0.1, 0.15) is 11.5 Å². The first-order valence-corrected chi connectivity index (χ1v) is 5.86. The molecule has 0 amide bonds. The summed E-state index contributed by atoms with van der Waals surface area (Å²) in [6, 6.07) is 8.31. The van der Waals surface area contributed by atoms with Gasteiger partial charge in [-0.3, -0.25) is 4.98 Å². The third-order valence-corrected chi connectivity index (χ3v) is 2.75.